The molecule has 2 atom stereocenters. The van der Waals surface area contributed by atoms with E-state index in [2.05, 4.69) is 13.8 Å². The molecule has 1 rings (SSSR count). The highest BCUT2D eigenvalue weighted by molar-refractivity contribution is 5.87. The van der Waals surface area contributed by atoms with Crippen molar-refractivity contribution in [3.05, 3.63) is 0 Å². The zero-order valence-corrected chi connectivity index (χ0v) is 12.5. The van der Waals surface area contributed by atoms with Crippen LogP contribution in [0.15, 0.2) is 0 Å². The molecule has 0 radical (unpaired) electrons. The number of carbonyl (C=O) groups is 1. The molecule has 0 spiro atoms. The summed E-state index contributed by atoms with van der Waals surface area (Å²) >= 11 is 0. The maximum absolute atomic E-state index is 12.4. The van der Waals surface area contributed by atoms with E-state index in [4.69, 9.17) is 4.74 Å². The highest BCUT2D eigenvalue weighted by Crippen LogP contribution is 2.36. The summed E-state index contributed by atoms with van der Waals surface area (Å²) in [6, 6.07) is 0. The molecular formula is C16H30O2. The number of Topliss-reactive ketones (excluding diaryl/α,β-unsaturated/α-hetero) is 1. The van der Waals surface area contributed by atoms with Gasteiger partial charge in [0.1, 0.15) is 5.60 Å². The molecule has 2 heteroatoms. The van der Waals surface area contributed by atoms with E-state index in [0.29, 0.717) is 18.1 Å². The fourth-order valence-electron chi connectivity index (χ4n) is 3.17. The maximum atomic E-state index is 12.4. The molecule has 1 aliphatic rings. The molecule has 0 aromatic rings. The molecular weight excluding hydrogens is 224 g/mol. The lowest BCUT2D eigenvalue weighted by molar-refractivity contribution is -0.147. The molecule has 0 heterocycles. The van der Waals surface area contributed by atoms with Crippen molar-refractivity contribution in [1.82, 2.24) is 0 Å². The average Bonchev–Trinajstić information content (AvgIpc) is 2.38. The Morgan fingerprint density at radius 2 is 2.00 bits per heavy atom. The van der Waals surface area contributed by atoms with Crippen LogP contribution < -0.4 is 0 Å². The van der Waals surface area contributed by atoms with Crippen LogP contribution in [0.5, 0.6) is 0 Å². The van der Waals surface area contributed by atoms with E-state index in [0.717, 1.165) is 25.7 Å². The van der Waals surface area contributed by atoms with Crippen molar-refractivity contribution in [2.24, 2.45) is 5.92 Å². The largest absolute Gasteiger partial charge is 0.370 e. The highest BCUT2D eigenvalue weighted by Gasteiger charge is 2.40. The smallest absolute Gasteiger partial charge is 0.164 e. The third-order valence-electron chi connectivity index (χ3n) is 4.36. The summed E-state index contributed by atoms with van der Waals surface area (Å²) in [5, 5.41) is 0. The van der Waals surface area contributed by atoms with E-state index in [9.17, 15) is 4.79 Å². The van der Waals surface area contributed by atoms with Gasteiger partial charge in [-0.15, -0.1) is 0 Å². The third-order valence-corrected chi connectivity index (χ3v) is 4.36. The Hall–Kier alpha value is -0.370. The van der Waals surface area contributed by atoms with Crippen LogP contribution in [0.3, 0.4) is 0 Å². The van der Waals surface area contributed by atoms with Crippen molar-refractivity contribution in [3.63, 3.8) is 0 Å². The van der Waals surface area contributed by atoms with Crippen LogP contribution in [0.25, 0.3) is 0 Å². The van der Waals surface area contributed by atoms with Crippen LogP contribution in [0.4, 0.5) is 0 Å². The summed E-state index contributed by atoms with van der Waals surface area (Å²) in [5.41, 5.74) is -0.442. The van der Waals surface area contributed by atoms with Crippen LogP contribution >= 0.6 is 0 Å². The van der Waals surface area contributed by atoms with Gasteiger partial charge in [-0.2, -0.15) is 0 Å². The van der Waals surface area contributed by atoms with E-state index in [-0.39, 0.29) is 0 Å². The van der Waals surface area contributed by atoms with Crippen molar-refractivity contribution >= 4 is 5.78 Å². The van der Waals surface area contributed by atoms with Gasteiger partial charge in [0, 0.05) is 13.5 Å². The Labute approximate surface area is 112 Å². The summed E-state index contributed by atoms with van der Waals surface area (Å²) in [6.45, 7) is 4.45. The maximum Gasteiger partial charge on any atom is 0.164 e. The fraction of sp³-hybridized carbons (Fsp3) is 0.938. The van der Waals surface area contributed by atoms with E-state index in [1.165, 1.54) is 32.1 Å². The molecule has 2 unspecified atom stereocenters. The van der Waals surface area contributed by atoms with Crippen LogP contribution in [0.2, 0.25) is 0 Å². The number of rotatable bonds is 8. The average molecular weight is 254 g/mol. The molecule has 0 amide bonds. The normalized spacial score (nSPS) is 28.3. The number of hydrogen-bond acceptors (Lipinski definition) is 2. The molecule has 0 saturated heterocycles. The lowest BCUT2D eigenvalue weighted by Crippen LogP contribution is -2.44. The molecule has 0 aromatic carbocycles. The minimum absolute atomic E-state index is 0.355. The van der Waals surface area contributed by atoms with Crippen molar-refractivity contribution in [3.8, 4) is 0 Å². The van der Waals surface area contributed by atoms with Crippen LogP contribution in [0, 0.1) is 5.92 Å². The van der Waals surface area contributed by atoms with Gasteiger partial charge in [-0.1, -0.05) is 46.0 Å². The van der Waals surface area contributed by atoms with Crippen molar-refractivity contribution in [1.29, 1.82) is 0 Å². The van der Waals surface area contributed by atoms with Gasteiger partial charge in [-0.25, -0.2) is 0 Å². The molecule has 1 aliphatic carbocycles. The Morgan fingerprint density at radius 1 is 1.28 bits per heavy atom. The number of methoxy groups -OCH3 is 1. The van der Waals surface area contributed by atoms with Gasteiger partial charge in [0.05, 0.1) is 0 Å². The van der Waals surface area contributed by atoms with Crippen molar-refractivity contribution < 1.29 is 9.53 Å². The molecule has 0 aliphatic heterocycles. The number of hydrogen-bond donors (Lipinski definition) is 0. The van der Waals surface area contributed by atoms with Crippen LogP contribution in [0.1, 0.15) is 78.1 Å². The number of unbranched alkanes of at least 4 members (excludes halogenated alkanes) is 4. The quantitative estimate of drug-likeness (QED) is 0.596. The second-order valence-electron chi connectivity index (χ2n) is 5.99. The first-order chi connectivity index (χ1) is 8.64. The first kappa shape index (κ1) is 15.7. The first-order valence-corrected chi connectivity index (χ1v) is 7.73. The SMILES string of the molecule is CCCCCCCC(=O)C1(OC)CCCC(C)C1. The topological polar surface area (TPSA) is 26.3 Å². The van der Waals surface area contributed by atoms with Gasteiger partial charge in [0.2, 0.25) is 0 Å². The Balaban J connectivity index is 2.37. The van der Waals surface area contributed by atoms with E-state index >= 15 is 0 Å². The monoisotopic (exact) mass is 254 g/mol. The summed E-state index contributed by atoms with van der Waals surface area (Å²) in [5.74, 6) is 0.982. The van der Waals surface area contributed by atoms with Crippen molar-refractivity contribution in [2.45, 2.75) is 83.7 Å². The highest BCUT2D eigenvalue weighted by atomic mass is 16.5. The molecule has 1 saturated carbocycles. The summed E-state index contributed by atoms with van der Waals surface area (Å²) in [4.78, 5) is 12.4. The number of ketones is 1. The molecule has 0 bridgehead atoms. The third kappa shape index (κ3) is 4.38. The minimum atomic E-state index is -0.442. The van der Waals surface area contributed by atoms with Gasteiger partial charge in [-0.05, 0) is 31.6 Å². The molecule has 106 valence electrons. The Bertz CT molecular complexity index is 249. The van der Waals surface area contributed by atoms with Crippen molar-refractivity contribution in [2.75, 3.05) is 7.11 Å². The Morgan fingerprint density at radius 3 is 2.61 bits per heavy atom. The van der Waals surface area contributed by atoms with Gasteiger partial charge in [0.25, 0.3) is 0 Å². The van der Waals surface area contributed by atoms with E-state index in [1.807, 2.05) is 0 Å². The van der Waals surface area contributed by atoms with E-state index < -0.39 is 5.60 Å². The summed E-state index contributed by atoms with van der Waals surface area (Å²) < 4.78 is 5.64. The number of carbonyl (C=O) groups excluding carboxylic acids is 1. The lowest BCUT2D eigenvalue weighted by atomic mass is 9.75. The summed E-state index contributed by atoms with van der Waals surface area (Å²) in [6.07, 6.45) is 11.0. The Kier molecular flexibility index (Phi) is 6.91. The van der Waals surface area contributed by atoms with E-state index in [1.54, 1.807) is 7.11 Å². The van der Waals surface area contributed by atoms with Gasteiger partial charge >= 0.3 is 0 Å². The zero-order chi connectivity index (χ0) is 13.4. The minimum Gasteiger partial charge on any atom is -0.370 e. The first-order valence-electron chi connectivity index (χ1n) is 7.73. The predicted molar refractivity (Wildman–Crippen MR) is 75.8 cm³/mol. The molecule has 1 fully saturated rings. The summed E-state index contributed by atoms with van der Waals surface area (Å²) in [7, 11) is 1.72. The zero-order valence-electron chi connectivity index (χ0n) is 12.5. The second kappa shape index (κ2) is 7.93. The lowest BCUT2D eigenvalue weighted by Gasteiger charge is -2.37. The van der Waals surface area contributed by atoms with Crippen LogP contribution in [-0.2, 0) is 9.53 Å². The molecule has 0 N–H and O–H groups in total. The van der Waals surface area contributed by atoms with Gasteiger partial charge in [-0.3, -0.25) is 4.79 Å². The van der Waals surface area contributed by atoms with Crippen LogP contribution in [-0.4, -0.2) is 18.5 Å². The standard InChI is InChI=1S/C16H30O2/c1-4-5-6-7-8-11-15(17)16(18-3)12-9-10-14(2)13-16/h14H,4-13H2,1-3H3. The second-order valence-corrected chi connectivity index (χ2v) is 5.99. The van der Waals surface area contributed by atoms with Gasteiger partial charge in [0.15, 0.2) is 5.78 Å². The molecule has 2 nitrogen and oxygen atoms in total. The molecule has 0 aromatic heterocycles. The van der Waals surface area contributed by atoms with Gasteiger partial charge < -0.3 is 4.74 Å². The predicted octanol–water partition coefficient (Wildman–Crippen LogP) is 4.51. The fourth-order valence-corrected chi connectivity index (χ4v) is 3.17. The molecule has 18 heavy (non-hydrogen) atoms. The number of ether oxygens (including phenoxy) is 1.